The van der Waals surface area contributed by atoms with Crippen molar-refractivity contribution in [2.24, 2.45) is 23.7 Å². The number of rotatable bonds is 16. The van der Waals surface area contributed by atoms with Crippen LogP contribution in [0, 0.1) is 23.7 Å². The summed E-state index contributed by atoms with van der Waals surface area (Å²) in [6, 6.07) is 0. The Balaban J connectivity index is 2.55. The lowest BCUT2D eigenvalue weighted by Crippen LogP contribution is -2.33. The Morgan fingerprint density at radius 2 is 1.61 bits per heavy atom. The first-order valence-corrected chi connectivity index (χ1v) is 11.5. The van der Waals surface area contributed by atoms with E-state index in [1.807, 2.05) is 6.08 Å². The molecule has 7 unspecified atom stereocenters. The van der Waals surface area contributed by atoms with Crippen molar-refractivity contribution < 1.29 is 29.2 Å². The molecule has 1 saturated carbocycles. The van der Waals surface area contributed by atoms with Gasteiger partial charge in [0.2, 0.25) is 0 Å². The Morgan fingerprint density at radius 3 is 2.13 bits per heavy atom. The first-order valence-electron chi connectivity index (χ1n) is 11.5. The molecular formula is C25H46O6. The molecule has 1 rings (SSSR count). The maximum atomic E-state index is 10.8. The van der Waals surface area contributed by atoms with Gasteiger partial charge < -0.3 is 29.2 Å². The van der Waals surface area contributed by atoms with Crippen molar-refractivity contribution in [3.63, 3.8) is 0 Å². The van der Waals surface area contributed by atoms with Crippen LogP contribution in [-0.4, -0.2) is 69.4 Å². The van der Waals surface area contributed by atoms with Crippen molar-refractivity contribution in [3.8, 4) is 0 Å². The molecule has 0 aliphatic heterocycles. The van der Waals surface area contributed by atoms with E-state index in [1.165, 1.54) is 7.11 Å². The minimum absolute atomic E-state index is 0.0802. The summed E-state index contributed by atoms with van der Waals surface area (Å²) in [5.74, 6) is 1.49. The summed E-state index contributed by atoms with van der Waals surface area (Å²) in [6.45, 7) is 8.53. The lowest BCUT2D eigenvalue weighted by atomic mass is 9.91. The van der Waals surface area contributed by atoms with Crippen molar-refractivity contribution >= 4 is 0 Å². The topological polar surface area (TPSA) is 77.4 Å². The van der Waals surface area contributed by atoms with Crippen molar-refractivity contribution in [3.05, 3.63) is 23.8 Å². The van der Waals surface area contributed by atoms with Gasteiger partial charge in [-0.25, -0.2) is 0 Å². The molecule has 6 heteroatoms. The average molecular weight is 443 g/mol. The molecule has 0 aromatic heterocycles. The van der Waals surface area contributed by atoms with Gasteiger partial charge in [0, 0.05) is 40.8 Å². The van der Waals surface area contributed by atoms with Gasteiger partial charge in [0.15, 0.2) is 6.29 Å². The molecular weight excluding hydrogens is 396 g/mol. The largest absolute Gasteiger partial charge is 0.392 e. The molecule has 1 aliphatic carbocycles. The summed E-state index contributed by atoms with van der Waals surface area (Å²) in [5.41, 5.74) is 1.16. The summed E-state index contributed by atoms with van der Waals surface area (Å²) >= 11 is 0. The van der Waals surface area contributed by atoms with Crippen LogP contribution in [0.5, 0.6) is 0 Å². The second-order valence-electron chi connectivity index (χ2n) is 9.05. The molecule has 182 valence electrons. The van der Waals surface area contributed by atoms with Crippen molar-refractivity contribution in [1.82, 2.24) is 0 Å². The summed E-state index contributed by atoms with van der Waals surface area (Å²) < 4.78 is 21.4. The van der Waals surface area contributed by atoms with Crippen molar-refractivity contribution in [2.45, 2.75) is 84.1 Å². The summed E-state index contributed by atoms with van der Waals surface area (Å²) in [7, 11) is 6.45. The van der Waals surface area contributed by atoms with Gasteiger partial charge >= 0.3 is 0 Å². The third kappa shape index (κ3) is 8.95. The lowest BCUT2D eigenvalue weighted by molar-refractivity contribution is -0.164. The minimum Gasteiger partial charge on any atom is -0.392 e. The molecule has 0 saturated heterocycles. The maximum absolute atomic E-state index is 10.8. The molecule has 1 fully saturated rings. The highest BCUT2D eigenvalue weighted by Crippen LogP contribution is 2.49. The Hall–Kier alpha value is -0.760. The Bertz CT molecular complexity index is 544. The van der Waals surface area contributed by atoms with Gasteiger partial charge in [-0.3, -0.25) is 0 Å². The van der Waals surface area contributed by atoms with Crippen LogP contribution in [0.2, 0.25) is 0 Å². The SMILES string of the molecule is CCC(OC)C(C)C1CC1C(O)C(C)/C=C/C=C(\C)C[C@@H](CC(OC)[C@@H](O)OC)OC. The Labute approximate surface area is 189 Å². The van der Waals surface area contributed by atoms with E-state index in [4.69, 9.17) is 18.9 Å². The predicted molar refractivity (Wildman–Crippen MR) is 124 cm³/mol. The van der Waals surface area contributed by atoms with Crippen LogP contribution >= 0.6 is 0 Å². The summed E-state index contributed by atoms with van der Waals surface area (Å²) in [4.78, 5) is 0. The average Bonchev–Trinajstić information content (AvgIpc) is 3.56. The lowest BCUT2D eigenvalue weighted by Gasteiger charge is -2.25. The molecule has 2 N–H and O–H groups in total. The third-order valence-electron chi connectivity index (χ3n) is 6.87. The van der Waals surface area contributed by atoms with Gasteiger partial charge in [-0.2, -0.15) is 0 Å². The van der Waals surface area contributed by atoms with Crippen LogP contribution in [0.4, 0.5) is 0 Å². The zero-order valence-corrected chi connectivity index (χ0v) is 20.8. The monoisotopic (exact) mass is 442 g/mol. The van der Waals surface area contributed by atoms with Gasteiger partial charge in [-0.1, -0.05) is 44.6 Å². The molecule has 6 nitrogen and oxygen atoms in total. The molecule has 0 spiro atoms. The third-order valence-corrected chi connectivity index (χ3v) is 6.87. The fourth-order valence-electron chi connectivity index (χ4n) is 4.59. The number of aliphatic hydroxyl groups excluding tert-OH is 2. The normalized spacial score (nSPS) is 26.3. The molecule has 0 heterocycles. The highest BCUT2D eigenvalue weighted by molar-refractivity contribution is 5.13. The first kappa shape index (κ1) is 28.3. The van der Waals surface area contributed by atoms with Crippen LogP contribution in [0.1, 0.15) is 53.4 Å². The van der Waals surface area contributed by atoms with Gasteiger partial charge in [0.1, 0.15) is 6.10 Å². The Morgan fingerprint density at radius 1 is 0.968 bits per heavy atom. The zero-order valence-electron chi connectivity index (χ0n) is 20.8. The number of methoxy groups -OCH3 is 4. The Kier molecular flexibility index (Phi) is 13.1. The molecule has 0 aromatic carbocycles. The fourth-order valence-corrected chi connectivity index (χ4v) is 4.59. The van der Waals surface area contributed by atoms with E-state index in [-0.39, 0.29) is 24.2 Å². The van der Waals surface area contributed by atoms with E-state index in [9.17, 15) is 10.2 Å². The van der Waals surface area contributed by atoms with E-state index in [0.29, 0.717) is 24.2 Å². The van der Waals surface area contributed by atoms with Crippen LogP contribution in [-0.2, 0) is 18.9 Å². The van der Waals surface area contributed by atoms with Gasteiger partial charge in [0.05, 0.1) is 18.3 Å². The second kappa shape index (κ2) is 14.4. The smallest absolute Gasteiger partial charge is 0.180 e. The van der Waals surface area contributed by atoms with Crippen LogP contribution in [0.3, 0.4) is 0 Å². The number of hydrogen-bond acceptors (Lipinski definition) is 6. The molecule has 0 amide bonds. The van der Waals surface area contributed by atoms with Crippen molar-refractivity contribution in [2.75, 3.05) is 28.4 Å². The van der Waals surface area contributed by atoms with Crippen LogP contribution in [0.15, 0.2) is 23.8 Å². The van der Waals surface area contributed by atoms with Crippen molar-refractivity contribution in [1.29, 1.82) is 0 Å². The number of aliphatic hydroxyl groups is 2. The maximum Gasteiger partial charge on any atom is 0.180 e. The molecule has 0 aromatic rings. The fraction of sp³-hybridized carbons (Fsp3) is 0.840. The number of allylic oxidation sites excluding steroid dienone is 2. The first-order chi connectivity index (χ1) is 14.7. The van der Waals surface area contributed by atoms with Crippen LogP contribution < -0.4 is 0 Å². The van der Waals surface area contributed by atoms with E-state index in [2.05, 4.69) is 39.8 Å². The van der Waals surface area contributed by atoms with Gasteiger partial charge in [-0.05, 0) is 43.9 Å². The van der Waals surface area contributed by atoms with Gasteiger partial charge in [0.25, 0.3) is 0 Å². The standard InChI is InChI=1S/C25H46O6/c1-9-22(29-6)18(4)20-15-21(20)24(26)17(3)12-10-11-16(2)13-19(28-5)14-23(30-7)25(27)31-8/h10-12,17-27H,9,13-15H2,1-8H3/b12-10+,16-11+/t17?,18?,19-,20?,21?,22?,23?,24?,25-/m0/s1. The summed E-state index contributed by atoms with van der Waals surface area (Å²) in [6.07, 6.45) is 7.98. The van der Waals surface area contributed by atoms with E-state index < -0.39 is 12.4 Å². The highest BCUT2D eigenvalue weighted by Gasteiger charge is 2.48. The molecule has 1 aliphatic rings. The zero-order chi connectivity index (χ0) is 23.6. The molecule has 9 atom stereocenters. The quantitative estimate of drug-likeness (QED) is 0.278. The predicted octanol–water partition coefficient (Wildman–Crippen LogP) is 3.96. The van der Waals surface area contributed by atoms with Crippen LogP contribution in [0.25, 0.3) is 0 Å². The van der Waals surface area contributed by atoms with Gasteiger partial charge in [-0.15, -0.1) is 0 Å². The number of ether oxygens (including phenoxy) is 4. The van der Waals surface area contributed by atoms with E-state index in [0.717, 1.165) is 24.8 Å². The molecule has 31 heavy (non-hydrogen) atoms. The summed E-state index contributed by atoms with van der Waals surface area (Å²) in [5, 5.41) is 20.6. The minimum atomic E-state index is -0.973. The second-order valence-corrected chi connectivity index (χ2v) is 9.05. The van der Waals surface area contributed by atoms with E-state index >= 15 is 0 Å². The molecule has 0 bridgehead atoms. The highest BCUT2D eigenvalue weighted by atomic mass is 16.6. The number of hydrogen-bond donors (Lipinski definition) is 2. The molecule has 0 radical (unpaired) electrons. The van der Waals surface area contributed by atoms with E-state index in [1.54, 1.807) is 21.3 Å².